The second-order valence-electron chi connectivity index (χ2n) is 6.67. The number of aromatic nitrogens is 2. The first-order chi connectivity index (χ1) is 11.8. The monoisotopic (exact) mass is 363 g/mol. The van der Waals surface area contributed by atoms with E-state index in [9.17, 15) is 9.59 Å². The highest BCUT2D eigenvalue weighted by atomic mass is 32.2. The summed E-state index contributed by atoms with van der Waals surface area (Å²) in [6.45, 7) is 3.42. The predicted octanol–water partition coefficient (Wildman–Crippen LogP) is 0.500. The molecule has 25 heavy (non-hydrogen) atoms. The van der Waals surface area contributed by atoms with E-state index in [-0.39, 0.29) is 16.7 Å². The number of benzene rings is 1. The van der Waals surface area contributed by atoms with Crippen LogP contribution < -0.4 is 10.5 Å². The summed E-state index contributed by atoms with van der Waals surface area (Å²) >= 11 is 1.35. The molecule has 7 heteroatoms. The summed E-state index contributed by atoms with van der Waals surface area (Å²) < 4.78 is 1.72. The molecular formula is C18H27N4O2S+. The minimum atomic E-state index is -0.297. The van der Waals surface area contributed by atoms with Gasteiger partial charge in [0.15, 0.2) is 5.16 Å². The lowest BCUT2D eigenvalue weighted by molar-refractivity contribution is -0.858. The molecule has 1 amide bonds. The van der Waals surface area contributed by atoms with Crippen molar-refractivity contribution < 1.29 is 9.69 Å². The third kappa shape index (κ3) is 4.83. The van der Waals surface area contributed by atoms with Gasteiger partial charge in [0.05, 0.1) is 36.8 Å². The van der Waals surface area contributed by atoms with Gasteiger partial charge in [-0.25, -0.2) is 4.98 Å². The maximum Gasteiger partial charge on any atom is 0.262 e. The summed E-state index contributed by atoms with van der Waals surface area (Å²) in [5.41, 5.74) is 0.639. The van der Waals surface area contributed by atoms with Crippen molar-refractivity contribution in [1.82, 2.24) is 14.5 Å². The van der Waals surface area contributed by atoms with Gasteiger partial charge in [-0.15, -0.1) is 0 Å². The Morgan fingerprint density at radius 1 is 1.32 bits per heavy atom. The molecule has 0 unspecified atom stereocenters. The van der Waals surface area contributed by atoms with Gasteiger partial charge in [-0.1, -0.05) is 23.9 Å². The molecule has 0 aliphatic carbocycles. The molecule has 1 aromatic heterocycles. The molecule has 1 heterocycles. The van der Waals surface area contributed by atoms with E-state index in [1.165, 1.54) is 16.7 Å². The minimum absolute atomic E-state index is 0.0108. The van der Waals surface area contributed by atoms with Crippen LogP contribution in [-0.2, 0) is 11.3 Å². The van der Waals surface area contributed by atoms with E-state index in [4.69, 9.17) is 0 Å². The Kier molecular flexibility index (Phi) is 6.61. The standard InChI is InChI=1S/C18H26N4O2S/c1-13(16(23)21(4)5)25-18-19-15-10-7-6-9-14(15)17(24)22(18)12-8-11-20(2)3/h6-7,9-10,13H,8,11-12H2,1-5H3/p+1/t13-/m1/s1. The van der Waals surface area contributed by atoms with E-state index in [0.29, 0.717) is 22.6 Å². The minimum Gasteiger partial charge on any atom is -0.348 e. The van der Waals surface area contributed by atoms with Crippen LogP contribution in [0.15, 0.2) is 34.2 Å². The average Bonchev–Trinajstić information content (AvgIpc) is 2.56. The second kappa shape index (κ2) is 8.49. The van der Waals surface area contributed by atoms with Gasteiger partial charge >= 0.3 is 0 Å². The highest BCUT2D eigenvalue weighted by Crippen LogP contribution is 2.23. The van der Waals surface area contributed by atoms with E-state index in [1.54, 1.807) is 29.6 Å². The molecule has 0 bridgehead atoms. The Bertz CT molecular complexity index is 801. The highest BCUT2D eigenvalue weighted by molar-refractivity contribution is 8.00. The summed E-state index contributed by atoms with van der Waals surface area (Å²) in [6.07, 6.45) is 0.881. The van der Waals surface area contributed by atoms with Crippen LogP contribution in [0.4, 0.5) is 0 Å². The fraction of sp³-hybridized carbons (Fsp3) is 0.500. The molecule has 1 atom stereocenters. The number of nitrogens with one attached hydrogen (secondary N) is 1. The summed E-state index contributed by atoms with van der Waals surface area (Å²) in [5, 5.41) is 0.935. The predicted molar refractivity (Wildman–Crippen MR) is 102 cm³/mol. The van der Waals surface area contributed by atoms with Gasteiger partial charge in [-0.3, -0.25) is 14.2 Å². The van der Waals surface area contributed by atoms with Crippen molar-refractivity contribution in [2.24, 2.45) is 0 Å². The molecule has 0 aliphatic heterocycles. The third-order valence-electron chi connectivity index (χ3n) is 3.96. The van der Waals surface area contributed by atoms with Gasteiger partial charge in [0.2, 0.25) is 5.91 Å². The van der Waals surface area contributed by atoms with Crippen LogP contribution in [0.25, 0.3) is 10.9 Å². The lowest BCUT2D eigenvalue weighted by Crippen LogP contribution is -3.05. The molecule has 0 saturated carbocycles. The van der Waals surface area contributed by atoms with Gasteiger partial charge in [-0.2, -0.15) is 0 Å². The van der Waals surface area contributed by atoms with Crippen LogP contribution in [0.1, 0.15) is 13.3 Å². The normalized spacial score (nSPS) is 12.6. The van der Waals surface area contributed by atoms with Crippen LogP contribution >= 0.6 is 11.8 Å². The quantitative estimate of drug-likeness (QED) is 0.575. The summed E-state index contributed by atoms with van der Waals surface area (Å²) in [4.78, 5) is 32.7. The Labute approximate surface area is 152 Å². The van der Waals surface area contributed by atoms with Crippen LogP contribution in [0.3, 0.4) is 0 Å². The van der Waals surface area contributed by atoms with Gasteiger partial charge in [0.1, 0.15) is 0 Å². The van der Waals surface area contributed by atoms with Crippen LogP contribution in [-0.4, -0.2) is 60.3 Å². The third-order valence-corrected chi connectivity index (χ3v) is 5.03. The number of fused-ring (bicyclic) bond motifs is 1. The van der Waals surface area contributed by atoms with Crippen molar-refractivity contribution in [3.8, 4) is 0 Å². The Hall–Kier alpha value is -1.86. The number of hydrogen-bond acceptors (Lipinski definition) is 4. The zero-order valence-electron chi connectivity index (χ0n) is 15.6. The first-order valence-corrected chi connectivity index (χ1v) is 9.35. The van der Waals surface area contributed by atoms with Crippen LogP contribution in [0.5, 0.6) is 0 Å². The first kappa shape index (κ1) is 19.5. The van der Waals surface area contributed by atoms with Crippen LogP contribution in [0.2, 0.25) is 0 Å². The van der Waals surface area contributed by atoms with Crippen molar-refractivity contribution in [3.05, 3.63) is 34.6 Å². The maximum absolute atomic E-state index is 12.9. The Morgan fingerprint density at radius 3 is 2.64 bits per heavy atom. The number of hydrogen-bond donors (Lipinski definition) is 1. The van der Waals surface area contributed by atoms with Gasteiger partial charge in [0, 0.05) is 27.1 Å². The van der Waals surface area contributed by atoms with Crippen LogP contribution in [0, 0.1) is 0 Å². The maximum atomic E-state index is 12.9. The van der Waals surface area contributed by atoms with Gasteiger partial charge in [0.25, 0.3) is 5.56 Å². The molecule has 2 rings (SSSR count). The zero-order chi connectivity index (χ0) is 18.6. The molecule has 1 aromatic carbocycles. The van der Waals surface area contributed by atoms with E-state index < -0.39 is 0 Å². The topological polar surface area (TPSA) is 59.6 Å². The lowest BCUT2D eigenvalue weighted by Gasteiger charge is -2.19. The molecule has 0 aliphatic rings. The van der Waals surface area contributed by atoms with Crippen molar-refractivity contribution in [2.45, 2.75) is 30.3 Å². The molecule has 0 radical (unpaired) electrons. The SMILES string of the molecule is C[C@@H](Sc1nc2ccccc2c(=O)n1CCC[NH+](C)C)C(=O)N(C)C. The number of quaternary nitrogens is 1. The van der Waals surface area contributed by atoms with Crippen molar-refractivity contribution in [3.63, 3.8) is 0 Å². The van der Waals surface area contributed by atoms with Crippen molar-refractivity contribution in [2.75, 3.05) is 34.7 Å². The molecule has 1 N–H and O–H groups in total. The highest BCUT2D eigenvalue weighted by Gasteiger charge is 2.20. The summed E-state index contributed by atoms with van der Waals surface area (Å²) in [6, 6.07) is 7.37. The molecule has 136 valence electrons. The lowest BCUT2D eigenvalue weighted by atomic mass is 10.2. The van der Waals surface area contributed by atoms with Gasteiger partial charge < -0.3 is 9.80 Å². The van der Waals surface area contributed by atoms with E-state index in [2.05, 4.69) is 19.1 Å². The van der Waals surface area contributed by atoms with E-state index >= 15 is 0 Å². The number of carbonyl (C=O) groups excluding carboxylic acids is 1. The number of carbonyl (C=O) groups is 1. The molecule has 0 spiro atoms. The largest absolute Gasteiger partial charge is 0.348 e. The Morgan fingerprint density at radius 2 is 2.00 bits per heavy atom. The summed E-state index contributed by atoms with van der Waals surface area (Å²) in [5.74, 6) is 0.0108. The average molecular weight is 364 g/mol. The van der Waals surface area contributed by atoms with E-state index in [0.717, 1.165) is 13.0 Å². The number of rotatable bonds is 7. The number of thioether (sulfide) groups is 1. The number of amides is 1. The molecule has 2 aromatic rings. The Balaban J connectivity index is 2.41. The fourth-order valence-corrected chi connectivity index (χ4v) is 3.68. The van der Waals surface area contributed by atoms with Crippen molar-refractivity contribution in [1.29, 1.82) is 0 Å². The number of nitrogens with zero attached hydrogens (tertiary/aromatic N) is 3. The van der Waals surface area contributed by atoms with Gasteiger partial charge in [-0.05, 0) is 19.1 Å². The van der Waals surface area contributed by atoms with E-state index in [1.807, 2.05) is 25.1 Å². The zero-order valence-corrected chi connectivity index (χ0v) is 16.4. The first-order valence-electron chi connectivity index (χ1n) is 8.47. The van der Waals surface area contributed by atoms with Crippen molar-refractivity contribution >= 4 is 28.6 Å². The molecule has 6 nitrogen and oxygen atoms in total. The number of para-hydroxylation sites is 1. The molecule has 0 fully saturated rings. The molecular weight excluding hydrogens is 336 g/mol. The smallest absolute Gasteiger partial charge is 0.262 e. The fourth-order valence-electron chi connectivity index (χ4n) is 2.60. The second-order valence-corrected chi connectivity index (χ2v) is 7.98. The summed E-state index contributed by atoms with van der Waals surface area (Å²) in [7, 11) is 7.66. The molecule has 0 saturated heterocycles.